The van der Waals surface area contributed by atoms with Crippen molar-refractivity contribution in [2.75, 3.05) is 19.1 Å². The molecule has 1 unspecified atom stereocenters. The van der Waals surface area contributed by atoms with E-state index in [2.05, 4.69) is 0 Å². The Morgan fingerprint density at radius 3 is 2.33 bits per heavy atom. The van der Waals surface area contributed by atoms with Crippen LogP contribution in [-0.4, -0.2) is 37.2 Å². The van der Waals surface area contributed by atoms with Crippen LogP contribution in [0.15, 0.2) is 66.5 Å². The van der Waals surface area contributed by atoms with Crippen molar-refractivity contribution in [1.29, 1.82) is 0 Å². The van der Waals surface area contributed by atoms with Crippen LogP contribution in [0.1, 0.15) is 11.1 Å². The van der Waals surface area contributed by atoms with Gasteiger partial charge in [0.1, 0.15) is 0 Å². The van der Waals surface area contributed by atoms with Gasteiger partial charge < -0.3 is 19.3 Å². The van der Waals surface area contributed by atoms with Crippen LogP contribution >= 0.6 is 0 Å². The van der Waals surface area contributed by atoms with Crippen LogP contribution in [0, 0.1) is 0 Å². The first kappa shape index (κ1) is 16.9. The Morgan fingerprint density at radius 1 is 0.926 bits per heavy atom. The van der Waals surface area contributed by atoms with Gasteiger partial charge in [0.15, 0.2) is 5.70 Å². The Kier molecular flexibility index (Phi) is 4.16. The lowest BCUT2D eigenvalue weighted by Crippen LogP contribution is -2.46. The second-order valence-electron chi connectivity index (χ2n) is 6.10. The molecule has 2 aliphatic rings. The fraction of sp³-hybridized carbons (Fsp3) is 0.143. The van der Waals surface area contributed by atoms with E-state index in [4.69, 9.17) is 9.47 Å². The van der Waals surface area contributed by atoms with Gasteiger partial charge in [-0.3, -0.25) is 0 Å². The van der Waals surface area contributed by atoms with Crippen molar-refractivity contribution >= 4 is 29.4 Å². The van der Waals surface area contributed by atoms with Crippen molar-refractivity contribution in [3.63, 3.8) is 0 Å². The van der Waals surface area contributed by atoms with Gasteiger partial charge >= 0.3 is 11.9 Å². The van der Waals surface area contributed by atoms with Gasteiger partial charge in [0.25, 0.3) is 0 Å². The number of carbonyl (C=O) groups is 2. The van der Waals surface area contributed by atoms with Crippen molar-refractivity contribution in [3.8, 4) is 0 Å². The van der Waals surface area contributed by atoms with E-state index >= 15 is 0 Å². The van der Waals surface area contributed by atoms with E-state index in [9.17, 15) is 9.59 Å². The molecule has 0 aliphatic carbocycles. The molecule has 0 fully saturated rings. The molecule has 4 rings (SSSR count). The summed E-state index contributed by atoms with van der Waals surface area (Å²) in [7, 11) is 2.67. The second-order valence-corrected chi connectivity index (χ2v) is 6.10. The molecule has 0 amide bonds. The van der Waals surface area contributed by atoms with Gasteiger partial charge in [-0.05, 0) is 23.8 Å². The minimum Gasteiger partial charge on any atom is -0.466 e. The number of methoxy groups -OCH3 is 2. The second kappa shape index (κ2) is 6.64. The van der Waals surface area contributed by atoms with Crippen LogP contribution in [0.4, 0.5) is 5.69 Å². The first-order valence-electron chi connectivity index (χ1n) is 8.48. The first-order valence-corrected chi connectivity index (χ1v) is 8.48. The van der Waals surface area contributed by atoms with Crippen LogP contribution in [-0.2, 0) is 19.1 Å². The molecule has 6 heteroatoms. The molecule has 2 aromatic carbocycles. The Morgan fingerprint density at radius 2 is 1.63 bits per heavy atom. The predicted molar refractivity (Wildman–Crippen MR) is 101 cm³/mol. The summed E-state index contributed by atoms with van der Waals surface area (Å²) < 4.78 is 10.1. The third-order valence-corrected chi connectivity index (χ3v) is 4.69. The zero-order valence-corrected chi connectivity index (χ0v) is 15.0. The van der Waals surface area contributed by atoms with E-state index in [1.54, 1.807) is 16.0 Å². The lowest BCUT2D eigenvalue weighted by Gasteiger charge is -2.31. The van der Waals surface area contributed by atoms with E-state index in [1.807, 2.05) is 60.7 Å². The number of anilines is 1. The average molecular weight is 362 g/mol. The lowest BCUT2D eigenvalue weighted by atomic mass is 10.00. The van der Waals surface area contributed by atoms with Crippen LogP contribution in [0.3, 0.4) is 0 Å². The summed E-state index contributed by atoms with van der Waals surface area (Å²) >= 11 is 0. The minimum atomic E-state index is -0.842. The molecule has 0 saturated carbocycles. The van der Waals surface area contributed by atoms with E-state index in [-0.39, 0.29) is 0 Å². The normalized spacial score (nSPS) is 17.5. The van der Waals surface area contributed by atoms with Crippen LogP contribution < -0.4 is 4.90 Å². The molecule has 0 radical (unpaired) electrons. The number of fused-ring (bicyclic) bond motifs is 3. The zero-order valence-electron chi connectivity index (χ0n) is 15.0. The molecule has 0 aromatic heterocycles. The van der Waals surface area contributed by atoms with Gasteiger partial charge in [-0.1, -0.05) is 42.5 Å². The van der Waals surface area contributed by atoms with E-state index in [0.29, 0.717) is 17.1 Å². The summed E-state index contributed by atoms with van der Waals surface area (Å²) in [5, 5.41) is 0. The molecule has 27 heavy (non-hydrogen) atoms. The van der Waals surface area contributed by atoms with Gasteiger partial charge in [-0.15, -0.1) is 0 Å². The smallest absolute Gasteiger partial charge is 0.356 e. The van der Waals surface area contributed by atoms with Gasteiger partial charge in [0.2, 0.25) is 6.17 Å². The Balaban J connectivity index is 2.01. The number of hydrogen-bond acceptors (Lipinski definition) is 6. The highest BCUT2D eigenvalue weighted by atomic mass is 16.5. The summed E-state index contributed by atoms with van der Waals surface area (Å²) in [6, 6.07) is 17.0. The maximum atomic E-state index is 12.8. The quantitative estimate of drug-likeness (QED) is 0.783. The number of benzene rings is 2. The van der Waals surface area contributed by atoms with Crippen molar-refractivity contribution < 1.29 is 19.1 Å². The molecule has 0 saturated heterocycles. The molecule has 2 heterocycles. The first-order chi connectivity index (χ1) is 13.2. The van der Waals surface area contributed by atoms with Gasteiger partial charge in [-0.2, -0.15) is 0 Å². The minimum absolute atomic E-state index is 0.302. The molecule has 6 nitrogen and oxygen atoms in total. The Hall–Kier alpha value is -3.54. The maximum Gasteiger partial charge on any atom is 0.356 e. The summed E-state index contributed by atoms with van der Waals surface area (Å²) in [4.78, 5) is 28.9. The SMILES string of the molecule is COC(=O)C1=C2c3ccccc3C=CN2C(C(=O)OC)N1c1ccccc1. The van der Waals surface area contributed by atoms with E-state index in [0.717, 1.165) is 11.1 Å². The van der Waals surface area contributed by atoms with Crippen LogP contribution in [0.2, 0.25) is 0 Å². The highest BCUT2D eigenvalue weighted by Gasteiger charge is 2.47. The number of nitrogens with zero attached hydrogens (tertiary/aromatic N) is 2. The largest absolute Gasteiger partial charge is 0.466 e. The number of rotatable bonds is 3. The van der Waals surface area contributed by atoms with Gasteiger partial charge in [-0.25, -0.2) is 9.59 Å². The summed E-state index contributed by atoms with van der Waals surface area (Å²) in [6.45, 7) is 0. The molecular formula is C21H18N2O4. The average Bonchev–Trinajstić information content (AvgIpc) is 3.09. The molecule has 0 spiro atoms. The maximum absolute atomic E-state index is 12.8. The number of carbonyl (C=O) groups excluding carboxylic acids is 2. The summed E-state index contributed by atoms with van der Waals surface area (Å²) in [5.74, 6) is -0.991. The molecule has 2 aliphatic heterocycles. The number of esters is 2. The summed E-state index contributed by atoms with van der Waals surface area (Å²) in [5.41, 5.74) is 3.44. The predicted octanol–water partition coefficient (Wildman–Crippen LogP) is 2.83. The zero-order chi connectivity index (χ0) is 19.0. The molecule has 1 atom stereocenters. The third-order valence-electron chi connectivity index (χ3n) is 4.69. The lowest BCUT2D eigenvalue weighted by molar-refractivity contribution is -0.144. The van der Waals surface area contributed by atoms with Crippen molar-refractivity contribution in [1.82, 2.24) is 4.90 Å². The van der Waals surface area contributed by atoms with Crippen molar-refractivity contribution in [3.05, 3.63) is 77.6 Å². The molecular weight excluding hydrogens is 344 g/mol. The Labute approximate surface area is 156 Å². The van der Waals surface area contributed by atoms with Crippen LogP contribution in [0.25, 0.3) is 11.8 Å². The topological polar surface area (TPSA) is 59.1 Å². The molecule has 0 N–H and O–H groups in total. The fourth-order valence-corrected chi connectivity index (χ4v) is 3.52. The summed E-state index contributed by atoms with van der Waals surface area (Å²) in [6.07, 6.45) is 2.87. The molecule has 136 valence electrons. The fourth-order valence-electron chi connectivity index (χ4n) is 3.52. The van der Waals surface area contributed by atoms with E-state index < -0.39 is 18.1 Å². The molecule has 0 bridgehead atoms. The van der Waals surface area contributed by atoms with Gasteiger partial charge in [0, 0.05) is 17.5 Å². The Bertz CT molecular complexity index is 965. The monoisotopic (exact) mass is 362 g/mol. The molecule has 2 aromatic rings. The highest BCUT2D eigenvalue weighted by molar-refractivity contribution is 6.07. The van der Waals surface area contributed by atoms with Gasteiger partial charge in [0.05, 0.1) is 19.9 Å². The highest BCUT2D eigenvalue weighted by Crippen LogP contribution is 2.43. The number of hydrogen-bond donors (Lipinski definition) is 0. The van der Waals surface area contributed by atoms with Crippen molar-refractivity contribution in [2.24, 2.45) is 0 Å². The number of ether oxygens (including phenoxy) is 2. The third kappa shape index (κ3) is 2.57. The number of para-hydroxylation sites is 1. The standard InChI is InChI=1S/C21H18N2O4/c1-26-20(24)18-17-16-11-7-6-8-14(16)12-13-22(17)19(21(25)27-2)23(18)15-9-4-3-5-10-15/h3-13,19H,1-2H3. The van der Waals surface area contributed by atoms with E-state index in [1.165, 1.54) is 14.2 Å². The van der Waals surface area contributed by atoms with Crippen LogP contribution in [0.5, 0.6) is 0 Å². The van der Waals surface area contributed by atoms with Crippen molar-refractivity contribution in [2.45, 2.75) is 6.17 Å².